The fourth-order valence-electron chi connectivity index (χ4n) is 1.74. The fraction of sp³-hybridized carbons (Fsp3) is 0.312. The van der Waals surface area contributed by atoms with Gasteiger partial charge in [0, 0.05) is 18.1 Å². The molecule has 0 saturated heterocycles. The predicted octanol–water partition coefficient (Wildman–Crippen LogP) is 3.48. The number of amides is 1. The Morgan fingerprint density at radius 1 is 1.35 bits per heavy atom. The van der Waals surface area contributed by atoms with Crippen molar-refractivity contribution in [3.63, 3.8) is 0 Å². The number of hydrogen-bond donors (Lipinski definition) is 0. The lowest BCUT2D eigenvalue weighted by Gasteiger charge is -2.19. The van der Waals surface area contributed by atoms with Crippen molar-refractivity contribution in [2.45, 2.75) is 13.3 Å². The van der Waals surface area contributed by atoms with E-state index in [-0.39, 0.29) is 12.5 Å². The molecule has 0 atom stereocenters. The van der Waals surface area contributed by atoms with Gasteiger partial charge in [0.05, 0.1) is 0 Å². The second-order valence-corrected chi connectivity index (χ2v) is 4.68. The number of halogens is 1. The van der Waals surface area contributed by atoms with Crippen molar-refractivity contribution >= 4 is 17.5 Å². The van der Waals surface area contributed by atoms with Crippen LogP contribution in [0.5, 0.6) is 5.75 Å². The molecule has 0 saturated carbocycles. The van der Waals surface area contributed by atoms with Crippen LogP contribution in [0.4, 0.5) is 0 Å². The number of nitrogens with zero attached hydrogens (tertiary/aromatic N) is 1. The van der Waals surface area contributed by atoms with Crippen LogP contribution in [-0.2, 0) is 11.2 Å². The van der Waals surface area contributed by atoms with E-state index in [9.17, 15) is 4.79 Å². The molecule has 1 aromatic rings. The molecule has 0 bridgehead atoms. The molecule has 0 N–H and O–H groups in total. The number of hydrogen-bond acceptors (Lipinski definition) is 2. The highest BCUT2D eigenvalue weighted by atomic mass is 35.5. The quantitative estimate of drug-likeness (QED) is 0.687. The zero-order chi connectivity index (χ0) is 15.0. The lowest BCUT2D eigenvalue weighted by molar-refractivity contribution is -0.132. The second kappa shape index (κ2) is 8.43. The minimum absolute atomic E-state index is 0.00747. The van der Waals surface area contributed by atoms with E-state index in [0.717, 1.165) is 12.0 Å². The highest BCUT2D eigenvalue weighted by Crippen LogP contribution is 2.22. The molecule has 0 fully saturated rings. The van der Waals surface area contributed by atoms with Crippen molar-refractivity contribution in [1.29, 1.82) is 0 Å². The molecule has 0 aliphatic heterocycles. The smallest absolute Gasteiger partial charge is 0.261 e. The summed E-state index contributed by atoms with van der Waals surface area (Å²) in [5, 5.41) is 0.714. The number of carbonyl (C=O) groups is 1. The van der Waals surface area contributed by atoms with E-state index >= 15 is 0 Å². The van der Waals surface area contributed by atoms with Gasteiger partial charge in [0.2, 0.25) is 0 Å². The van der Waals surface area contributed by atoms with E-state index in [1.807, 2.05) is 13.0 Å². The molecule has 1 amide bonds. The van der Waals surface area contributed by atoms with Crippen molar-refractivity contribution in [3.8, 4) is 5.75 Å². The standard InChI is InChI=1S/C16H20ClNO2/c1-4-9-18(10-5-2)16(19)12-20-14-7-8-15(17)13(6-3)11-14/h4-5,7-8,11H,1-2,6,9-10,12H2,3H3. The number of benzene rings is 1. The lowest BCUT2D eigenvalue weighted by Crippen LogP contribution is -2.35. The summed E-state index contributed by atoms with van der Waals surface area (Å²) in [6.45, 7) is 10.2. The van der Waals surface area contributed by atoms with Gasteiger partial charge in [0.25, 0.3) is 5.91 Å². The van der Waals surface area contributed by atoms with E-state index in [1.165, 1.54) is 0 Å². The van der Waals surface area contributed by atoms with Gasteiger partial charge in [-0.2, -0.15) is 0 Å². The van der Waals surface area contributed by atoms with Gasteiger partial charge in [-0.3, -0.25) is 4.79 Å². The molecule has 1 rings (SSSR count). The number of aryl methyl sites for hydroxylation is 1. The van der Waals surface area contributed by atoms with Gasteiger partial charge in [-0.05, 0) is 30.2 Å². The first kappa shape index (κ1) is 16.3. The third kappa shape index (κ3) is 4.74. The molecule has 20 heavy (non-hydrogen) atoms. The molecule has 0 spiro atoms. The van der Waals surface area contributed by atoms with Crippen LogP contribution in [0.2, 0.25) is 5.02 Å². The first-order chi connectivity index (χ1) is 9.62. The van der Waals surface area contributed by atoms with E-state index in [1.54, 1.807) is 29.2 Å². The highest BCUT2D eigenvalue weighted by molar-refractivity contribution is 6.31. The third-order valence-electron chi connectivity index (χ3n) is 2.81. The summed E-state index contributed by atoms with van der Waals surface area (Å²) in [6, 6.07) is 5.41. The van der Waals surface area contributed by atoms with Gasteiger partial charge in [-0.1, -0.05) is 30.7 Å². The maximum absolute atomic E-state index is 12.0. The Morgan fingerprint density at radius 3 is 2.55 bits per heavy atom. The number of carbonyl (C=O) groups excluding carboxylic acids is 1. The molecule has 0 aliphatic rings. The van der Waals surface area contributed by atoms with E-state index in [4.69, 9.17) is 16.3 Å². The van der Waals surface area contributed by atoms with Crippen molar-refractivity contribution in [2.75, 3.05) is 19.7 Å². The van der Waals surface area contributed by atoms with Crippen LogP contribution >= 0.6 is 11.6 Å². The van der Waals surface area contributed by atoms with E-state index in [2.05, 4.69) is 13.2 Å². The van der Waals surface area contributed by atoms with Crippen LogP contribution < -0.4 is 4.74 Å². The van der Waals surface area contributed by atoms with E-state index < -0.39 is 0 Å². The minimum atomic E-state index is -0.0993. The van der Waals surface area contributed by atoms with Crippen LogP contribution in [0.1, 0.15) is 12.5 Å². The first-order valence-corrected chi connectivity index (χ1v) is 6.91. The monoisotopic (exact) mass is 293 g/mol. The second-order valence-electron chi connectivity index (χ2n) is 4.27. The summed E-state index contributed by atoms with van der Waals surface area (Å²) >= 11 is 6.04. The first-order valence-electron chi connectivity index (χ1n) is 6.53. The molecular formula is C16H20ClNO2. The Kier molecular flexibility index (Phi) is 6.88. The summed E-state index contributed by atoms with van der Waals surface area (Å²) in [5.74, 6) is 0.551. The van der Waals surface area contributed by atoms with Crippen molar-refractivity contribution in [2.24, 2.45) is 0 Å². The SMILES string of the molecule is C=CCN(CC=C)C(=O)COc1ccc(Cl)c(CC)c1. The molecule has 0 heterocycles. The summed E-state index contributed by atoms with van der Waals surface area (Å²) in [5.41, 5.74) is 1.01. The van der Waals surface area contributed by atoms with Crippen LogP contribution in [0, 0.1) is 0 Å². The molecule has 0 aliphatic carbocycles. The number of rotatable bonds is 8. The van der Waals surface area contributed by atoms with Gasteiger partial charge in [-0.25, -0.2) is 0 Å². The Bertz CT molecular complexity index is 475. The van der Waals surface area contributed by atoms with Gasteiger partial charge in [0.15, 0.2) is 6.61 Å². The zero-order valence-electron chi connectivity index (χ0n) is 11.8. The molecule has 3 nitrogen and oxygen atoms in total. The van der Waals surface area contributed by atoms with Crippen LogP contribution in [0.15, 0.2) is 43.5 Å². The minimum Gasteiger partial charge on any atom is -0.484 e. The van der Waals surface area contributed by atoms with Gasteiger partial charge in [-0.15, -0.1) is 13.2 Å². The predicted molar refractivity (Wildman–Crippen MR) is 83.3 cm³/mol. The number of ether oxygens (including phenoxy) is 1. The molecule has 0 unspecified atom stereocenters. The molecule has 0 aromatic heterocycles. The summed E-state index contributed by atoms with van der Waals surface area (Å²) < 4.78 is 5.52. The normalized spacial score (nSPS) is 9.90. The molecular weight excluding hydrogens is 274 g/mol. The largest absolute Gasteiger partial charge is 0.484 e. The van der Waals surface area contributed by atoms with Crippen LogP contribution in [-0.4, -0.2) is 30.5 Å². The van der Waals surface area contributed by atoms with Gasteiger partial charge >= 0.3 is 0 Å². The molecule has 108 valence electrons. The Labute approximate surface area is 125 Å². The van der Waals surface area contributed by atoms with Crippen LogP contribution in [0.3, 0.4) is 0 Å². The lowest BCUT2D eigenvalue weighted by atomic mass is 10.1. The summed E-state index contributed by atoms with van der Waals surface area (Å²) in [6.07, 6.45) is 4.18. The molecule has 0 radical (unpaired) electrons. The van der Waals surface area contributed by atoms with Gasteiger partial charge in [0.1, 0.15) is 5.75 Å². The average Bonchev–Trinajstić information content (AvgIpc) is 2.45. The third-order valence-corrected chi connectivity index (χ3v) is 3.18. The Balaban J connectivity index is 2.63. The van der Waals surface area contributed by atoms with Crippen molar-refractivity contribution < 1.29 is 9.53 Å². The maximum atomic E-state index is 12.0. The Hall–Kier alpha value is -1.74. The topological polar surface area (TPSA) is 29.5 Å². The highest BCUT2D eigenvalue weighted by Gasteiger charge is 2.11. The summed E-state index contributed by atoms with van der Waals surface area (Å²) in [7, 11) is 0. The molecule has 1 aromatic carbocycles. The molecule has 4 heteroatoms. The van der Waals surface area contributed by atoms with Crippen molar-refractivity contribution in [3.05, 3.63) is 54.1 Å². The summed E-state index contributed by atoms with van der Waals surface area (Å²) in [4.78, 5) is 13.6. The van der Waals surface area contributed by atoms with E-state index in [0.29, 0.717) is 23.9 Å². The zero-order valence-corrected chi connectivity index (χ0v) is 12.5. The maximum Gasteiger partial charge on any atom is 0.261 e. The average molecular weight is 294 g/mol. The van der Waals surface area contributed by atoms with Crippen molar-refractivity contribution in [1.82, 2.24) is 4.90 Å². The Morgan fingerprint density at radius 2 is 2.00 bits per heavy atom. The van der Waals surface area contributed by atoms with Crippen LogP contribution in [0.25, 0.3) is 0 Å². The van der Waals surface area contributed by atoms with Gasteiger partial charge < -0.3 is 9.64 Å². The fourth-order valence-corrected chi connectivity index (χ4v) is 1.99.